The molecule has 3 rings (SSSR count). The Bertz CT molecular complexity index is 960. The number of carbonyl (C=O) groups is 4. The molecule has 31 heavy (non-hydrogen) atoms. The minimum atomic E-state index is -0.970. The first kappa shape index (κ1) is 22.6. The number of thiazole rings is 1. The number of β-lactam (4-membered cyclic amide) rings is 1. The zero-order valence-electron chi connectivity index (χ0n) is 16.3. The number of oxime groups is 1. The van der Waals surface area contributed by atoms with Gasteiger partial charge >= 0.3 is 11.9 Å². The molecule has 1 aromatic heterocycles. The summed E-state index contributed by atoms with van der Waals surface area (Å²) in [6.45, 7) is -0.0219. The highest BCUT2D eigenvalue weighted by atomic mass is 32.2. The molecule has 2 aliphatic rings. The molecule has 3 heterocycles. The number of nitrogens with two attached hydrogens (primary N) is 1. The smallest absolute Gasteiger partial charge is 0.336 e. The van der Waals surface area contributed by atoms with Crippen LogP contribution in [-0.4, -0.2) is 75.3 Å². The zero-order valence-corrected chi connectivity index (χ0v) is 17.9. The van der Waals surface area contributed by atoms with E-state index < -0.39 is 29.8 Å². The van der Waals surface area contributed by atoms with E-state index >= 15 is 0 Å². The van der Waals surface area contributed by atoms with E-state index in [4.69, 9.17) is 20.4 Å². The number of fused-ring (bicyclic) bond motifs is 1. The second-order valence-corrected chi connectivity index (χ2v) is 8.37. The van der Waals surface area contributed by atoms with Gasteiger partial charge in [0.25, 0.3) is 11.8 Å². The van der Waals surface area contributed by atoms with E-state index in [1.54, 1.807) is 5.38 Å². The van der Waals surface area contributed by atoms with Crippen LogP contribution in [0.1, 0.15) is 18.5 Å². The summed E-state index contributed by atoms with van der Waals surface area (Å²) in [5.41, 5.74) is 6.00. The van der Waals surface area contributed by atoms with E-state index in [-0.39, 0.29) is 52.7 Å². The number of carbonyl (C=O) groups excluding carboxylic acids is 3. The van der Waals surface area contributed by atoms with E-state index in [0.29, 0.717) is 0 Å². The molecule has 0 bridgehead atoms. The molecule has 1 saturated heterocycles. The summed E-state index contributed by atoms with van der Waals surface area (Å²) in [5.74, 6) is -2.33. The number of amides is 2. The first-order chi connectivity index (χ1) is 14.8. The van der Waals surface area contributed by atoms with Crippen molar-refractivity contribution in [3.05, 3.63) is 22.8 Å². The number of ether oxygens (including phenoxy) is 1. The third-order valence-corrected chi connectivity index (χ3v) is 6.26. The summed E-state index contributed by atoms with van der Waals surface area (Å²) >= 11 is 2.43. The molecule has 0 aromatic carbocycles. The number of rotatable bonds is 9. The van der Waals surface area contributed by atoms with Crippen LogP contribution >= 0.6 is 23.1 Å². The summed E-state index contributed by atoms with van der Waals surface area (Å²) in [4.78, 5) is 57.8. The number of nitrogens with zero attached hydrogens (tertiary/aromatic N) is 3. The number of aromatic nitrogens is 1. The Morgan fingerprint density at radius 3 is 2.87 bits per heavy atom. The standard InChI is InChI=1S/C17H19N5O7S2/c1-28-21-11(9-7-31-17(18)19-9)13(25)20-12-14(26)22-5-8(6-30-15(12)22)16(27)29-4-2-3-10(23)24/h5,7,12,15H,2-4,6H2,1H3,(H2,18,19)(H,20,25)(H,23,24)/t12?,15-/m1/s1. The second kappa shape index (κ2) is 9.78. The maximum absolute atomic E-state index is 12.6. The first-order valence-electron chi connectivity index (χ1n) is 8.98. The Kier molecular flexibility index (Phi) is 7.12. The maximum atomic E-state index is 12.6. The van der Waals surface area contributed by atoms with Crippen LogP contribution in [0.15, 0.2) is 22.3 Å². The van der Waals surface area contributed by atoms with Crippen LogP contribution in [0, 0.1) is 0 Å². The lowest BCUT2D eigenvalue weighted by atomic mass is 10.1. The summed E-state index contributed by atoms with van der Waals surface area (Å²) in [5, 5.41) is 16.3. The molecule has 0 radical (unpaired) electrons. The van der Waals surface area contributed by atoms with E-state index in [2.05, 4.69) is 15.5 Å². The Hall–Kier alpha value is -3.13. The highest BCUT2D eigenvalue weighted by molar-refractivity contribution is 8.00. The van der Waals surface area contributed by atoms with Gasteiger partial charge in [-0.2, -0.15) is 0 Å². The van der Waals surface area contributed by atoms with Gasteiger partial charge < -0.3 is 30.6 Å². The predicted molar refractivity (Wildman–Crippen MR) is 111 cm³/mol. The normalized spacial score (nSPS) is 20.3. The Morgan fingerprint density at radius 2 is 2.23 bits per heavy atom. The lowest BCUT2D eigenvalue weighted by Gasteiger charge is -2.47. The van der Waals surface area contributed by atoms with Gasteiger partial charge in [0.1, 0.15) is 24.2 Å². The van der Waals surface area contributed by atoms with Crippen LogP contribution in [-0.2, 0) is 28.8 Å². The fraction of sp³-hybridized carbons (Fsp3) is 0.412. The lowest BCUT2D eigenvalue weighted by molar-refractivity contribution is -0.144. The molecule has 1 fully saturated rings. The number of aliphatic carboxylic acids is 1. The van der Waals surface area contributed by atoms with Crippen LogP contribution < -0.4 is 11.1 Å². The number of anilines is 1. The molecular weight excluding hydrogens is 450 g/mol. The molecule has 4 N–H and O–H groups in total. The van der Waals surface area contributed by atoms with Crippen molar-refractivity contribution in [3.8, 4) is 0 Å². The Balaban J connectivity index is 1.58. The van der Waals surface area contributed by atoms with Crippen LogP contribution in [0.4, 0.5) is 5.13 Å². The molecule has 0 aliphatic carbocycles. The van der Waals surface area contributed by atoms with Gasteiger partial charge in [-0.05, 0) is 6.42 Å². The highest BCUT2D eigenvalue weighted by Gasteiger charge is 2.50. The van der Waals surface area contributed by atoms with Gasteiger partial charge in [-0.3, -0.25) is 14.4 Å². The number of esters is 1. The topological polar surface area (TPSA) is 174 Å². The lowest BCUT2D eigenvalue weighted by Crippen LogP contribution is -2.69. The predicted octanol–water partition coefficient (Wildman–Crippen LogP) is -0.232. The second-order valence-electron chi connectivity index (χ2n) is 6.38. The van der Waals surface area contributed by atoms with Gasteiger partial charge in [0.2, 0.25) is 0 Å². The van der Waals surface area contributed by atoms with E-state index in [1.165, 1.54) is 30.0 Å². The van der Waals surface area contributed by atoms with Crippen molar-refractivity contribution < 1.29 is 33.9 Å². The zero-order chi connectivity index (χ0) is 22.5. The molecule has 2 amide bonds. The molecule has 166 valence electrons. The molecule has 0 saturated carbocycles. The summed E-state index contributed by atoms with van der Waals surface area (Å²) in [6, 6.07) is -0.806. The molecule has 2 atom stereocenters. The van der Waals surface area contributed by atoms with E-state index in [9.17, 15) is 19.2 Å². The molecule has 1 unspecified atom stereocenters. The summed E-state index contributed by atoms with van der Waals surface area (Å²) in [6.07, 6.45) is 1.50. The van der Waals surface area contributed by atoms with E-state index in [1.807, 2.05) is 0 Å². The molecule has 0 spiro atoms. The van der Waals surface area contributed by atoms with Crippen molar-refractivity contribution >= 4 is 57.7 Å². The summed E-state index contributed by atoms with van der Waals surface area (Å²) < 4.78 is 5.04. The number of hydrogen-bond donors (Lipinski definition) is 3. The fourth-order valence-corrected chi connectivity index (χ4v) is 4.60. The largest absolute Gasteiger partial charge is 0.481 e. The molecule has 12 nitrogen and oxygen atoms in total. The molecule has 1 aromatic rings. The maximum Gasteiger partial charge on any atom is 0.336 e. The molecule has 14 heteroatoms. The summed E-state index contributed by atoms with van der Waals surface area (Å²) in [7, 11) is 1.28. The fourth-order valence-electron chi connectivity index (χ4n) is 2.81. The van der Waals surface area contributed by atoms with Crippen molar-refractivity contribution in [2.45, 2.75) is 24.3 Å². The average Bonchev–Trinajstić information content (AvgIpc) is 3.18. The van der Waals surface area contributed by atoms with Crippen molar-refractivity contribution in [1.82, 2.24) is 15.2 Å². The third-order valence-electron chi connectivity index (χ3n) is 4.26. The minimum Gasteiger partial charge on any atom is -0.481 e. The number of hydrogen-bond acceptors (Lipinski definition) is 11. The average molecular weight is 470 g/mol. The quantitative estimate of drug-likeness (QED) is 0.144. The van der Waals surface area contributed by atoms with Crippen LogP contribution in [0.2, 0.25) is 0 Å². The number of thioether (sulfide) groups is 1. The third kappa shape index (κ3) is 5.14. The number of nitrogen functional groups attached to an aromatic ring is 1. The first-order valence-corrected chi connectivity index (χ1v) is 10.9. The molecular formula is C17H19N5O7S2. The van der Waals surface area contributed by atoms with Crippen molar-refractivity contribution in [2.75, 3.05) is 25.2 Å². The van der Waals surface area contributed by atoms with Gasteiger partial charge in [0.15, 0.2) is 10.8 Å². The van der Waals surface area contributed by atoms with Gasteiger partial charge in [0, 0.05) is 23.8 Å². The van der Waals surface area contributed by atoms with Crippen LogP contribution in [0.5, 0.6) is 0 Å². The number of carboxylic acid groups (broad SMARTS) is 1. The van der Waals surface area contributed by atoms with E-state index in [0.717, 1.165) is 11.3 Å². The van der Waals surface area contributed by atoms with Gasteiger partial charge in [-0.15, -0.1) is 23.1 Å². The van der Waals surface area contributed by atoms with Crippen molar-refractivity contribution in [2.24, 2.45) is 5.16 Å². The van der Waals surface area contributed by atoms with Crippen LogP contribution in [0.3, 0.4) is 0 Å². The van der Waals surface area contributed by atoms with Gasteiger partial charge in [-0.1, -0.05) is 5.16 Å². The monoisotopic (exact) mass is 469 g/mol. The van der Waals surface area contributed by atoms with Crippen molar-refractivity contribution in [3.63, 3.8) is 0 Å². The van der Waals surface area contributed by atoms with Crippen LogP contribution in [0.25, 0.3) is 0 Å². The Labute approximate surface area is 184 Å². The SMILES string of the molecule is CON=C(C(=O)NC1C(=O)N2C=C(C(=O)OCCCC(=O)O)CS[C@H]12)c1csc(N)n1. The number of nitrogens with one attached hydrogen (secondary N) is 1. The number of carboxylic acids is 1. The molecule has 2 aliphatic heterocycles. The van der Waals surface area contributed by atoms with Crippen molar-refractivity contribution in [1.29, 1.82) is 0 Å². The van der Waals surface area contributed by atoms with Gasteiger partial charge in [0.05, 0.1) is 12.2 Å². The van der Waals surface area contributed by atoms with Gasteiger partial charge in [-0.25, -0.2) is 9.78 Å². The highest BCUT2D eigenvalue weighted by Crippen LogP contribution is 2.36. The minimum absolute atomic E-state index is 0.0219. The Morgan fingerprint density at radius 1 is 1.45 bits per heavy atom.